The van der Waals surface area contributed by atoms with Crippen LogP contribution in [0.15, 0.2) is 12.2 Å². The van der Waals surface area contributed by atoms with Crippen molar-refractivity contribution in [1.29, 1.82) is 0 Å². The van der Waals surface area contributed by atoms with Crippen LogP contribution in [-0.4, -0.2) is 65.7 Å². The first-order valence-corrected chi connectivity index (χ1v) is 16.6. The quantitative estimate of drug-likeness (QED) is 0.0416. The van der Waals surface area contributed by atoms with Crippen LogP contribution in [0.3, 0.4) is 0 Å². The van der Waals surface area contributed by atoms with Gasteiger partial charge in [0, 0.05) is 6.42 Å². The number of aliphatic hydroxyl groups excluding tert-OH is 2. The van der Waals surface area contributed by atoms with Crippen LogP contribution in [0, 0.1) is 0 Å². The van der Waals surface area contributed by atoms with Crippen molar-refractivity contribution in [2.24, 2.45) is 0 Å². The maximum absolute atomic E-state index is 12.4. The molecule has 0 fully saturated rings. The predicted octanol–water partition coefficient (Wildman–Crippen LogP) is 6.16. The number of hydrogen-bond donors (Lipinski definition) is 3. The number of ether oxygens (including phenoxy) is 2. The smallest absolute Gasteiger partial charge is 0.461 e. The van der Waals surface area contributed by atoms with Gasteiger partial charge in [-0.1, -0.05) is 103 Å². The van der Waals surface area contributed by atoms with Gasteiger partial charge in [0.2, 0.25) is 0 Å². The molecule has 0 amide bonds. The first-order chi connectivity index (χ1) is 19.2. The summed E-state index contributed by atoms with van der Waals surface area (Å²) in [4.78, 5) is 34.3. The number of allylic oxidation sites excluding steroid dienone is 1. The van der Waals surface area contributed by atoms with Crippen LogP contribution >= 0.6 is 7.82 Å². The number of unbranched alkanes of at least 4 members (excludes halogenated alkanes) is 13. The average Bonchev–Trinajstić information content (AvgIpc) is 2.93. The summed E-state index contributed by atoms with van der Waals surface area (Å²) in [5.41, 5.74) is 0. The monoisotopic (exact) mass is 594 g/mol. The van der Waals surface area contributed by atoms with Gasteiger partial charge in [-0.2, -0.15) is 0 Å². The Labute approximate surface area is 241 Å². The van der Waals surface area contributed by atoms with E-state index in [4.69, 9.17) is 19.1 Å². The number of phosphoric acid groups is 1. The zero-order valence-corrected chi connectivity index (χ0v) is 25.7. The van der Waals surface area contributed by atoms with Gasteiger partial charge in [0.1, 0.15) is 12.7 Å². The summed E-state index contributed by atoms with van der Waals surface area (Å²) in [6.07, 6.45) is 18.1. The van der Waals surface area contributed by atoms with Gasteiger partial charge in [-0.3, -0.25) is 18.6 Å². The van der Waals surface area contributed by atoms with Crippen molar-refractivity contribution in [2.45, 2.75) is 135 Å². The highest BCUT2D eigenvalue weighted by Gasteiger charge is 2.27. The molecule has 0 spiro atoms. The van der Waals surface area contributed by atoms with Gasteiger partial charge in [0.05, 0.1) is 26.2 Å². The van der Waals surface area contributed by atoms with Gasteiger partial charge >= 0.3 is 19.8 Å². The van der Waals surface area contributed by atoms with E-state index >= 15 is 0 Å². The molecule has 3 N–H and O–H groups in total. The molecule has 0 radical (unpaired) electrons. The highest BCUT2D eigenvalue weighted by Crippen LogP contribution is 2.43. The molecule has 0 aliphatic heterocycles. The Kier molecular flexibility index (Phi) is 25.7. The van der Waals surface area contributed by atoms with Crippen molar-refractivity contribution in [3.05, 3.63) is 12.2 Å². The molecule has 0 aliphatic carbocycles. The Morgan fingerprint density at radius 1 is 0.750 bits per heavy atom. The number of hydrogen-bond acceptors (Lipinski definition) is 9. The first-order valence-electron chi connectivity index (χ1n) is 15.1. The number of carbonyl (C=O) groups excluding carboxylic acids is 2. The SMILES string of the molecule is CCCCCCCC/C=C\CC(=O)OC[C@H](COP(=O)(O)OC[C@@H](O)CO)OC(=O)CCCCCCCCCC. The maximum atomic E-state index is 12.4. The third kappa shape index (κ3) is 25.7. The fraction of sp³-hybridized carbons (Fsp3) is 0.862. The molecule has 10 nitrogen and oxygen atoms in total. The van der Waals surface area contributed by atoms with Gasteiger partial charge in [0.25, 0.3) is 0 Å². The van der Waals surface area contributed by atoms with Gasteiger partial charge in [-0.15, -0.1) is 0 Å². The standard InChI is InChI=1S/C29H55O10P/c1-3-5-7-9-11-13-15-16-18-20-28(32)36-24-27(25-38-40(34,35)37-23-26(31)22-30)39-29(33)21-19-17-14-12-10-8-6-4-2/h16,18,26-27,30-31H,3-15,17,19-25H2,1-2H3,(H,34,35)/b18-16-/t26-,27+/m0/s1. The molecule has 0 heterocycles. The molecule has 1 unspecified atom stereocenters. The number of aliphatic hydroxyl groups is 2. The second-order valence-electron chi connectivity index (χ2n) is 10.1. The van der Waals surface area contributed by atoms with E-state index in [1.54, 1.807) is 6.08 Å². The van der Waals surface area contributed by atoms with E-state index in [0.29, 0.717) is 6.42 Å². The van der Waals surface area contributed by atoms with Gasteiger partial charge in [-0.25, -0.2) is 4.57 Å². The molecule has 0 rings (SSSR count). The van der Waals surface area contributed by atoms with Crippen LogP contribution in [0.4, 0.5) is 0 Å². The van der Waals surface area contributed by atoms with E-state index in [1.807, 2.05) is 6.08 Å². The third-order valence-electron chi connectivity index (χ3n) is 6.20. The van der Waals surface area contributed by atoms with Crippen LogP contribution < -0.4 is 0 Å². The van der Waals surface area contributed by atoms with E-state index in [1.165, 1.54) is 51.4 Å². The minimum absolute atomic E-state index is 0.0657. The van der Waals surface area contributed by atoms with E-state index in [9.17, 15) is 24.2 Å². The Morgan fingerprint density at radius 3 is 1.90 bits per heavy atom. The molecular formula is C29H55O10P. The summed E-state index contributed by atoms with van der Waals surface area (Å²) in [7, 11) is -4.60. The molecule has 0 aromatic heterocycles. The van der Waals surface area contributed by atoms with Crippen molar-refractivity contribution in [1.82, 2.24) is 0 Å². The van der Waals surface area contributed by atoms with Crippen LogP contribution in [0.25, 0.3) is 0 Å². The highest BCUT2D eigenvalue weighted by atomic mass is 31.2. The minimum atomic E-state index is -4.60. The zero-order valence-electron chi connectivity index (χ0n) is 24.8. The van der Waals surface area contributed by atoms with E-state index in [0.717, 1.165) is 38.5 Å². The second-order valence-corrected chi connectivity index (χ2v) is 11.6. The molecule has 3 atom stereocenters. The zero-order chi connectivity index (χ0) is 29.9. The van der Waals surface area contributed by atoms with Crippen molar-refractivity contribution >= 4 is 19.8 Å². The van der Waals surface area contributed by atoms with Crippen molar-refractivity contribution < 1.29 is 47.8 Å². The molecule has 0 saturated carbocycles. The van der Waals surface area contributed by atoms with Gasteiger partial charge < -0.3 is 24.6 Å². The lowest BCUT2D eigenvalue weighted by Crippen LogP contribution is -2.29. The van der Waals surface area contributed by atoms with Crippen molar-refractivity contribution in [2.75, 3.05) is 26.4 Å². The van der Waals surface area contributed by atoms with Gasteiger partial charge in [0.15, 0.2) is 6.10 Å². The topological polar surface area (TPSA) is 149 Å². The summed E-state index contributed by atoms with van der Waals surface area (Å²) in [5.74, 6) is -1.03. The molecule has 0 aromatic carbocycles. The Bertz CT molecular complexity index is 700. The highest BCUT2D eigenvalue weighted by molar-refractivity contribution is 7.47. The van der Waals surface area contributed by atoms with Gasteiger partial charge in [-0.05, 0) is 19.3 Å². The number of carbonyl (C=O) groups is 2. The lowest BCUT2D eigenvalue weighted by atomic mass is 10.1. The maximum Gasteiger partial charge on any atom is 0.472 e. The number of esters is 2. The molecule has 0 aromatic rings. The molecule has 0 aliphatic rings. The van der Waals surface area contributed by atoms with Crippen LogP contribution in [0.5, 0.6) is 0 Å². The molecule has 40 heavy (non-hydrogen) atoms. The lowest BCUT2D eigenvalue weighted by molar-refractivity contribution is -0.160. The molecule has 0 saturated heterocycles. The van der Waals surface area contributed by atoms with E-state index in [2.05, 4.69) is 18.4 Å². The second kappa shape index (κ2) is 26.6. The van der Waals surface area contributed by atoms with E-state index in [-0.39, 0.29) is 19.4 Å². The average molecular weight is 595 g/mol. The summed E-state index contributed by atoms with van der Waals surface area (Å²) >= 11 is 0. The largest absolute Gasteiger partial charge is 0.472 e. The Morgan fingerprint density at radius 2 is 1.30 bits per heavy atom. The minimum Gasteiger partial charge on any atom is -0.461 e. The van der Waals surface area contributed by atoms with Crippen LogP contribution in [0.2, 0.25) is 0 Å². The summed E-state index contributed by atoms with van der Waals surface area (Å²) in [6.45, 7) is 2.20. The molecule has 0 bridgehead atoms. The van der Waals surface area contributed by atoms with Crippen molar-refractivity contribution in [3.63, 3.8) is 0 Å². The normalized spacial score (nSPS) is 14.6. The predicted molar refractivity (Wildman–Crippen MR) is 155 cm³/mol. The first kappa shape index (κ1) is 38.7. The lowest BCUT2D eigenvalue weighted by Gasteiger charge is -2.20. The Balaban J connectivity index is 4.56. The molecule has 236 valence electrons. The summed E-state index contributed by atoms with van der Waals surface area (Å²) < 4.78 is 32.2. The number of rotatable bonds is 28. The summed E-state index contributed by atoms with van der Waals surface area (Å²) in [5, 5.41) is 18.1. The fourth-order valence-corrected chi connectivity index (χ4v) is 4.59. The molecular weight excluding hydrogens is 539 g/mol. The van der Waals surface area contributed by atoms with E-state index < -0.39 is 51.8 Å². The fourth-order valence-electron chi connectivity index (χ4n) is 3.80. The van der Waals surface area contributed by atoms with Crippen molar-refractivity contribution in [3.8, 4) is 0 Å². The van der Waals surface area contributed by atoms with Crippen LogP contribution in [0.1, 0.15) is 123 Å². The van der Waals surface area contributed by atoms with Crippen LogP contribution in [-0.2, 0) is 32.7 Å². The Hall–Kier alpha value is -1.29. The summed E-state index contributed by atoms with van der Waals surface area (Å²) in [6, 6.07) is 0. The molecule has 11 heteroatoms. The number of phosphoric ester groups is 1. The third-order valence-corrected chi connectivity index (χ3v) is 7.15.